The van der Waals surface area contributed by atoms with Gasteiger partial charge < -0.3 is 24.5 Å². The molecule has 0 radical (unpaired) electrons. The molecule has 5 atom stereocenters. The molecule has 2 unspecified atom stereocenters. The van der Waals surface area contributed by atoms with Gasteiger partial charge in [0.15, 0.2) is 0 Å². The molecule has 3 aliphatic heterocycles. The Morgan fingerprint density at radius 2 is 1.77 bits per heavy atom. The number of aliphatic hydroxyl groups is 1. The molecule has 35 heavy (non-hydrogen) atoms. The van der Waals surface area contributed by atoms with E-state index in [4.69, 9.17) is 4.74 Å². The molecule has 3 rings (SSSR count). The highest BCUT2D eigenvalue weighted by molar-refractivity contribution is 5.99. The van der Waals surface area contributed by atoms with Crippen molar-refractivity contribution >= 4 is 17.7 Å². The van der Waals surface area contributed by atoms with Crippen molar-refractivity contribution in [2.45, 2.75) is 76.5 Å². The minimum Gasteiger partial charge on any atom is -0.396 e. The predicted octanol–water partition coefficient (Wildman–Crippen LogP) is 2.37. The Bertz CT molecular complexity index is 802. The monoisotopic (exact) mass is 489 g/mol. The summed E-state index contributed by atoms with van der Waals surface area (Å²) in [5, 5.41) is 9.31. The highest BCUT2D eigenvalue weighted by Crippen LogP contribution is 2.59. The number of hydrogen-bond donors (Lipinski definition) is 1. The molecule has 196 valence electrons. The van der Waals surface area contributed by atoms with Gasteiger partial charge in [0, 0.05) is 39.3 Å². The van der Waals surface area contributed by atoms with Crippen molar-refractivity contribution in [3.63, 3.8) is 0 Å². The van der Waals surface area contributed by atoms with Gasteiger partial charge in [-0.1, -0.05) is 32.4 Å². The molecule has 3 saturated heterocycles. The zero-order chi connectivity index (χ0) is 25.6. The summed E-state index contributed by atoms with van der Waals surface area (Å²) in [6.07, 6.45) is 8.09. The lowest BCUT2D eigenvalue weighted by Crippen LogP contribution is -2.56. The van der Waals surface area contributed by atoms with Crippen molar-refractivity contribution in [1.82, 2.24) is 14.7 Å². The summed E-state index contributed by atoms with van der Waals surface area (Å²) in [7, 11) is 0. The van der Waals surface area contributed by atoms with Crippen molar-refractivity contribution < 1.29 is 24.2 Å². The average molecular weight is 490 g/mol. The van der Waals surface area contributed by atoms with Gasteiger partial charge in [0.1, 0.15) is 11.6 Å². The SMILES string of the molecule is C=CCN(CCCC)C(=O)C1N(CCCCO)C(=O)[C@@H]2[C@H](C(=O)N(CC=C)CCC)[C@@H]3CCC12O3. The van der Waals surface area contributed by atoms with Crippen LogP contribution >= 0.6 is 0 Å². The number of carbonyl (C=O) groups is 3. The second-order valence-corrected chi connectivity index (χ2v) is 10.0. The smallest absolute Gasteiger partial charge is 0.248 e. The fourth-order valence-electron chi connectivity index (χ4n) is 6.25. The van der Waals surface area contributed by atoms with Crippen LogP contribution in [0.3, 0.4) is 0 Å². The molecular weight excluding hydrogens is 446 g/mol. The Morgan fingerprint density at radius 1 is 1.09 bits per heavy atom. The second kappa shape index (κ2) is 12.2. The van der Waals surface area contributed by atoms with Crippen LogP contribution in [0.2, 0.25) is 0 Å². The van der Waals surface area contributed by atoms with Crippen molar-refractivity contribution in [2.24, 2.45) is 11.8 Å². The first-order valence-corrected chi connectivity index (χ1v) is 13.3. The molecule has 3 heterocycles. The van der Waals surface area contributed by atoms with Gasteiger partial charge in [0.2, 0.25) is 17.7 Å². The van der Waals surface area contributed by atoms with E-state index < -0.39 is 23.5 Å². The fourth-order valence-corrected chi connectivity index (χ4v) is 6.25. The largest absolute Gasteiger partial charge is 0.396 e. The van der Waals surface area contributed by atoms with Crippen molar-refractivity contribution in [3.8, 4) is 0 Å². The van der Waals surface area contributed by atoms with E-state index in [0.717, 1.165) is 19.3 Å². The van der Waals surface area contributed by atoms with Gasteiger partial charge in [-0.05, 0) is 38.5 Å². The van der Waals surface area contributed by atoms with Crippen LogP contribution in [-0.2, 0) is 19.1 Å². The summed E-state index contributed by atoms with van der Waals surface area (Å²) in [5.74, 6) is -1.59. The number of aliphatic hydroxyl groups excluding tert-OH is 1. The van der Waals surface area contributed by atoms with E-state index >= 15 is 0 Å². The van der Waals surface area contributed by atoms with Gasteiger partial charge in [0.25, 0.3) is 0 Å². The standard InChI is InChI=1S/C27H43N3O5/c1-5-9-17-29(16-8-4)26(34)23-27-13-12-20(35-27)21(24(32)28(14-6-2)15-7-3)22(27)25(33)30(23)18-10-11-19-31/h6,8,20-23,31H,2,4-5,7,9-19H2,1,3H3/t20-,21+,22-,23?,27?/m0/s1. The van der Waals surface area contributed by atoms with Gasteiger partial charge in [-0.3, -0.25) is 14.4 Å². The molecule has 0 aromatic rings. The maximum absolute atomic E-state index is 14.0. The first-order valence-electron chi connectivity index (χ1n) is 13.3. The summed E-state index contributed by atoms with van der Waals surface area (Å²) in [5.41, 5.74) is -0.976. The Hall–Kier alpha value is -2.19. The molecule has 0 aromatic heterocycles. The number of hydrogen-bond acceptors (Lipinski definition) is 5. The quantitative estimate of drug-likeness (QED) is 0.282. The van der Waals surface area contributed by atoms with E-state index in [-0.39, 0.29) is 30.4 Å². The lowest BCUT2D eigenvalue weighted by atomic mass is 9.70. The van der Waals surface area contributed by atoms with Crippen LogP contribution in [0.15, 0.2) is 25.3 Å². The highest BCUT2D eigenvalue weighted by atomic mass is 16.5. The van der Waals surface area contributed by atoms with E-state index in [1.165, 1.54) is 0 Å². The van der Waals surface area contributed by atoms with E-state index in [1.807, 2.05) is 6.92 Å². The van der Waals surface area contributed by atoms with Crippen molar-refractivity contribution in [3.05, 3.63) is 25.3 Å². The van der Waals surface area contributed by atoms with Crippen molar-refractivity contribution in [2.75, 3.05) is 39.3 Å². The van der Waals surface area contributed by atoms with Crippen molar-refractivity contribution in [1.29, 1.82) is 0 Å². The molecule has 1 spiro atoms. The second-order valence-electron chi connectivity index (χ2n) is 10.0. The zero-order valence-corrected chi connectivity index (χ0v) is 21.5. The fraction of sp³-hybridized carbons (Fsp3) is 0.741. The molecule has 0 aliphatic carbocycles. The molecular formula is C27H43N3O5. The first kappa shape index (κ1) is 27.4. The zero-order valence-electron chi connectivity index (χ0n) is 21.5. The number of ether oxygens (including phenoxy) is 1. The molecule has 1 N–H and O–H groups in total. The van der Waals surface area contributed by atoms with Crippen LogP contribution < -0.4 is 0 Å². The van der Waals surface area contributed by atoms with E-state index in [1.54, 1.807) is 26.9 Å². The molecule has 0 saturated carbocycles. The number of nitrogens with zero attached hydrogens (tertiary/aromatic N) is 3. The Labute approximate surface area is 210 Å². The number of carbonyl (C=O) groups excluding carboxylic acids is 3. The third kappa shape index (κ3) is 5.05. The maximum Gasteiger partial charge on any atom is 0.248 e. The molecule has 8 heteroatoms. The highest BCUT2D eigenvalue weighted by Gasteiger charge is 2.74. The van der Waals surface area contributed by atoms with Gasteiger partial charge in [-0.2, -0.15) is 0 Å². The van der Waals surface area contributed by atoms with E-state index in [0.29, 0.717) is 58.4 Å². The number of amides is 3. The molecule has 2 bridgehead atoms. The Kier molecular flexibility index (Phi) is 9.53. The lowest BCUT2D eigenvalue weighted by molar-refractivity contribution is -0.148. The van der Waals surface area contributed by atoms with Gasteiger partial charge in [-0.15, -0.1) is 13.2 Å². The summed E-state index contributed by atoms with van der Waals surface area (Å²) >= 11 is 0. The van der Waals surface area contributed by atoms with Gasteiger partial charge in [0.05, 0.1) is 17.9 Å². The summed E-state index contributed by atoms with van der Waals surface area (Å²) in [6.45, 7) is 14.1. The molecule has 3 amide bonds. The summed E-state index contributed by atoms with van der Waals surface area (Å²) in [4.78, 5) is 46.8. The third-order valence-corrected chi connectivity index (χ3v) is 7.72. The van der Waals surface area contributed by atoms with E-state index in [2.05, 4.69) is 20.1 Å². The molecule has 8 nitrogen and oxygen atoms in total. The molecule has 3 fully saturated rings. The lowest BCUT2D eigenvalue weighted by Gasteiger charge is -2.37. The van der Waals surface area contributed by atoms with Crippen LogP contribution in [0.5, 0.6) is 0 Å². The van der Waals surface area contributed by atoms with Gasteiger partial charge >= 0.3 is 0 Å². The minimum absolute atomic E-state index is 0.0293. The minimum atomic E-state index is -0.976. The van der Waals surface area contributed by atoms with Crippen LogP contribution in [0.1, 0.15) is 58.8 Å². The number of fused-ring (bicyclic) bond motifs is 1. The molecule has 3 aliphatic rings. The molecule has 0 aromatic carbocycles. The number of rotatable bonds is 15. The average Bonchev–Trinajstić information content (AvgIpc) is 3.48. The van der Waals surface area contributed by atoms with Crippen LogP contribution in [0.25, 0.3) is 0 Å². The number of likely N-dealkylation sites (tertiary alicyclic amines) is 1. The van der Waals surface area contributed by atoms with Crippen LogP contribution in [0.4, 0.5) is 0 Å². The maximum atomic E-state index is 14.0. The summed E-state index contributed by atoms with van der Waals surface area (Å²) < 4.78 is 6.54. The number of unbranched alkanes of at least 4 members (excludes halogenated alkanes) is 2. The Balaban J connectivity index is 1.98. The first-order chi connectivity index (χ1) is 16.9. The summed E-state index contributed by atoms with van der Waals surface area (Å²) in [6, 6.07) is -0.752. The topological polar surface area (TPSA) is 90.4 Å². The van der Waals surface area contributed by atoms with Crippen LogP contribution in [0, 0.1) is 11.8 Å². The predicted molar refractivity (Wildman–Crippen MR) is 134 cm³/mol. The Morgan fingerprint density at radius 3 is 2.37 bits per heavy atom. The van der Waals surface area contributed by atoms with Gasteiger partial charge in [-0.25, -0.2) is 0 Å². The van der Waals surface area contributed by atoms with Crippen LogP contribution in [-0.4, -0.2) is 94.6 Å². The van der Waals surface area contributed by atoms with E-state index in [9.17, 15) is 19.5 Å². The normalized spacial score (nSPS) is 28.8. The third-order valence-electron chi connectivity index (χ3n) is 7.72.